The Labute approximate surface area is 88.6 Å². The van der Waals surface area contributed by atoms with Crippen molar-refractivity contribution >= 4 is 11.9 Å². The number of likely N-dealkylation sites (tertiary alicyclic amines) is 2. The summed E-state index contributed by atoms with van der Waals surface area (Å²) in [4.78, 5) is 26.5. The molecule has 0 aromatic rings. The van der Waals surface area contributed by atoms with Gasteiger partial charge in [0, 0.05) is 19.1 Å². The van der Waals surface area contributed by atoms with Crippen molar-refractivity contribution < 1.29 is 14.7 Å². The lowest BCUT2D eigenvalue weighted by Gasteiger charge is -2.23. The maximum atomic E-state index is 11.8. The monoisotopic (exact) mass is 212 g/mol. The van der Waals surface area contributed by atoms with E-state index in [9.17, 15) is 9.59 Å². The highest BCUT2D eigenvalue weighted by Crippen LogP contribution is 2.24. The molecule has 0 aromatic carbocycles. The number of carboxylic acids is 1. The molecule has 0 bridgehead atoms. The number of rotatable bonds is 2. The smallest absolute Gasteiger partial charge is 0.316 e. The van der Waals surface area contributed by atoms with Gasteiger partial charge >= 0.3 is 5.97 Å². The summed E-state index contributed by atoms with van der Waals surface area (Å²) in [6.45, 7) is 2.47. The molecule has 2 heterocycles. The van der Waals surface area contributed by atoms with Gasteiger partial charge in [0.1, 0.15) is 5.92 Å². The highest BCUT2D eigenvalue weighted by Gasteiger charge is 2.41. The second-order valence-electron chi connectivity index (χ2n) is 4.42. The maximum absolute atomic E-state index is 11.8. The van der Waals surface area contributed by atoms with Gasteiger partial charge in [0.05, 0.1) is 0 Å². The molecule has 2 fully saturated rings. The first-order chi connectivity index (χ1) is 7.09. The van der Waals surface area contributed by atoms with E-state index in [0.29, 0.717) is 13.0 Å². The molecule has 0 saturated carbocycles. The Morgan fingerprint density at radius 2 is 2.13 bits per heavy atom. The van der Waals surface area contributed by atoms with Crippen molar-refractivity contribution in [3.63, 3.8) is 0 Å². The topological polar surface area (TPSA) is 60.9 Å². The molecule has 1 N–H and O–H groups in total. The van der Waals surface area contributed by atoms with Gasteiger partial charge < -0.3 is 14.9 Å². The molecule has 1 unspecified atom stereocenters. The fourth-order valence-corrected chi connectivity index (χ4v) is 2.46. The largest absolute Gasteiger partial charge is 0.481 e. The zero-order chi connectivity index (χ0) is 11.0. The van der Waals surface area contributed by atoms with Gasteiger partial charge in [-0.3, -0.25) is 9.59 Å². The molecule has 5 heteroatoms. The third kappa shape index (κ3) is 1.84. The van der Waals surface area contributed by atoms with Crippen LogP contribution >= 0.6 is 0 Å². The molecule has 1 amide bonds. The number of aliphatic carboxylic acids is 1. The van der Waals surface area contributed by atoms with Crippen LogP contribution in [-0.2, 0) is 9.59 Å². The van der Waals surface area contributed by atoms with E-state index in [-0.39, 0.29) is 11.9 Å². The highest BCUT2D eigenvalue weighted by atomic mass is 16.4. The molecule has 84 valence electrons. The fraction of sp³-hybridized carbons (Fsp3) is 0.800. The Morgan fingerprint density at radius 1 is 1.40 bits per heavy atom. The normalized spacial score (nSPS) is 32.6. The van der Waals surface area contributed by atoms with Crippen LogP contribution in [0.15, 0.2) is 0 Å². The summed E-state index contributed by atoms with van der Waals surface area (Å²) in [7, 11) is 2.02. The van der Waals surface area contributed by atoms with Crippen LogP contribution in [0.2, 0.25) is 0 Å². The van der Waals surface area contributed by atoms with Crippen LogP contribution < -0.4 is 0 Å². The Bertz CT molecular complexity index is 292. The van der Waals surface area contributed by atoms with Crippen molar-refractivity contribution in [2.45, 2.75) is 18.9 Å². The molecule has 15 heavy (non-hydrogen) atoms. The SMILES string of the molecule is CN1CC[C@H](N2CCC(C(=O)O)C2=O)C1. The number of likely N-dealkylation sites (N-methyl/N-ethyl adjacent to an activating group) is 1. The van der Waals surface area contributed by atoms with E-state index in [0.717, 1.165) is 19.5 Å². The highest BCUT2D eigenvalue weighted by molar-refractivity contribution is 5.98. The van der Waals surface area contributed by atoms with Gasteiger partial charge in [-0.2, -0.15) is 0 Å². The van der Waals surface area contributed by atoms with E-state index in [4.69, 9.17) is 5.11 Å². The average molecular weight is 212 g/mol. The van der Waals surface area contributed by atoms with Gasteiger partial charge in [0.2, 0.25) is 5.91 Å². The second-order valence-corrected chi connectivity index (χ2v) is 4.42. The number of carbonyl (C=O) groups is 2. The van der Waals surface area contributed by atoms with Gasteiger partial charge in [0.15, 0.2) is 0 Å². The minimum Gasteiger partial charge on any atom is -0.481 e. The van der Waals surface area contributed by atoms with Gasteiger partial charge in [-0.25, -0.2) is 0 Å². The van der Waals surface area contributed by atoms with Crippen LogP contribution in [0.25, 0.3) is 0 Å². The first kappa shape index (κ1) is 10.4. The van der Waals surface area contributed by atoms with E-state index in [2.05, 4.69) is 4.90 Å². The molecular weight excluding hydrogens is 196 g/mol. The molecular formula is C10H16N2O3. The molecule has 0 aromatic heterocycles. The minimum atomic E-state index is -0.978. The molecule has 0 spiro atoms. The van der Waals surface area contributed by atoms with Gasteiger partial charge in [-0.15, -0.1) is 0 Å². The quantitative estimate of drug-likeness (QED) is 0.634. The first-order valence-corrected chi connectivity index (χ1v) is 5.31. The molecule has 5 nitrogen and oxygen atoms in total. The predicted octanol–water partition coefficient (Wildman–Crippen LogP) is -0.376. The lowest BCUT2D eigenvalue weighted by atomic mass is 10.1. The molecule has 0 aliphatic carbocycles. The van der Waals surface area contributed by atoms with Crippen molar-refractivity contribution in [1.82, 2.24) is 9.80 Å². The van der Waals surface area contributed by atoms with E-state index < -0.39 is 11.9 Å². The van der Waals surface area contributed by atoms with Crippen molar-refractivity contribution in [2.75, 3.05) is 26.7 Å². The van der Waals surface area contributed by atoms with Crippen LogP contribution in [0.5, 0.6) is 0 Å². The summed E-state index contributed by atoms with van der Waals surface area (Å²) in [5.74, 6) is -1.97. The fourth-order valence-electron chi connectivity index (χ4n) is 2.46. The molecule has 2 rings (SSSR count). The summed E-state index contributed by atoms with van der Waals surface area (Å²) in [6.07, 6.45) is 1.43. The van der Waals surface area contributed by atoms with Crippen LogP contribution in [0.3, 0.4) is 0 Å². The standard InChI is InChI=1S/C10H16N2O3/c1-11-4-2-7(6-11)12-5-3-8(9(12)13)10(14)15/h7-8H,2-6H2,1H3,(H,14,15)/t7-,8?/m0/s1. The van der Waals surface area contributed by atoms with Crippen molar-refractivity contribution in [1.29, 1.82) is 0 Å². The third-order valence-corrected chi connectivity index (χ3v) is 3.35. The summed E-state index contributed by atoms with van der Waals surface area (Å²) in [6, 6.07) is 0.229. The first-order valence-electron chi connectivity index (χ1n) is 5.31. The van der Waals surface area contributed by atoms with Crippen LogP contribution in [0.1, 0.15) is 12.8 Å². The number of carboxylic acid groups (broad SMARTS) is 1. The molecule has 2 saturated heterocycles. The Kier molecular flexibility index (Phi) is 2.65. The molecule has 2 aliphatic rings. The Hall–Kier alpha value is -1.10. The van der Waals surface area contributed by atoms with Gasteiger partial charge in [0.25, 0.3) is 0 Å². The number of nitrogens with zero attached hydrogens (tertiary/aromatic N) is 2. The summed E-state index contributed by atoms with van der Waals surface area (Å²) < 4.78 is 0. The Morgan fingerprint density at radius 3 is 2.60 bits per heavy atom. The zero-order valence-corrected chi connectivity index (χ0v) is 8.85. The summed E-state index contributed by atoms with van der Waals surface area (Å²) in [5, 5.41) is 8.84. The number of carbonyl (C=O) groups excluding carboxylic acids is 1. The molecule has 2 atom stereocenters. The lowest BCUT2D eigenvalue weighted by molar-refractivity contribution is -0.148. The van der Waals surface area contributed by atoms with Crippen molar-refractivity contribution in [3.05, 3.63) is 0 Å². The van der Waals surface area contributed by atoms with Crippen LogP contribution in [0, 0.1) is 5.92 Å². The van der Waals surface area contributed by atoms with Crippen LogP contribution in [-0.4, -0.2) is 59.5 Å². The summed E-state index contributed by atoms with van der Waals surface area (Å²) in [5.41, 5.74) is 0. The second kappa shape index (κ2) is 3.81. The predicted molar refractivity (Wildman–Crippen MR) is 53.4 cm³/mol. The number of hydrogen-bond donors (Lipinski definition) is 1. The summed E-state index contributed by atoms with van der Waals surface area (Å²) >= 11 is 0. The van der Waals surface area contributed by atoms with Gasteiger partial charge in [-0.05, 0) is 26.4 Å². The molecule has 2 aliphatic heterocycles. The average Bonchev–Trinajstić information content (AvgIpc) is 2.71. The zero-order valence-electron chi connectivity index (χ0n) is 8.85. The van der Waals surface area contributed by atoms with Crippen molar-refractivity contribution in [2.24, 2.45) is 5.92 Å². The third-order valence-electron chi connectivity index (χ3n) is 3.35. The Balaban J connectivity index is 2.01. The van der Waals surface area contributed by atoms with Crippen molar-refractivity contribution in [3.8, 4) is 0 Å². The van der Waals surface area contributed by atoms with Crippen LogP contribution in [0.4, 0.5) is 0 Å². The van der Waals surface area contributed by atoms with E-state index in [1.165, 1.54) is 0 Å². The van der Waals surface area contributed by atoms with E-state index in [1.54, 1.807) is 4.90 Å². The lowest BCUT2D eigenvalue weighted by Crippen LogP contribution is -2.40. The molecule has 0 radical (unpaired) electrons. The number of amides is 1. The van der Waals surface area contributed by atoms with Gasteiger partial charge in [-0.1, -0.05) is 0 Å². The number of hydrogen-bond acceptors (Lipinski definition) is 3. The van der Waals surface area contributed by atoms with E-state index in [1.807, 2.05) is 7.05 Å². The van der Waals surface area contributed by atoms with E-state index >= 15 is 0 Å². The maximum Gasteiger partial charge on any atom is 0.316 e. The minimum absolute atomic E-state index is 0.192.